The van der Waals surface area contributed by atoms with Gasteiger partial charge in [-0.05, 0) is 63.0 Å². The molecule has 1 saturated carbocycles. The summed E-state index contributed by atoms with van der Waals surface area (Å²) in [7, 11) is 0. The molecular weight excluding hydrogens is 603 g/mol. The molecule has 0 amide bonds. The van der Waals surface area contributed by atoms with Gasteiger partial charge in [0.1, 0.15) is 11.9 Å². The van der Waals surface area contributed by atoms with Crippen LogP contribution in [0.5, 0.6) is 5.88 Å². The van der Waals surface area contributed by atoms with Crippen LogP contribution >= 0.6 is 0 Å². The largest absolute Gasteiger partial charge is 0.474 e. The van der Waals surface area contributed by atoms with Crippen LogP contribution in [0.25, 0.3) is 22.6 Å². The van der Waals surface area contributed by atoms with Gasteiger partial charge in [0.05, 0.1) is 6.61 Å². The highest BCUT2D eigenvalue weighted by Crippen LogP contribution is 2.39. The van der Waals surface area contributed by atoms with Gasteiger partial charge in [0, 0.05) is 37.9 Å². The standard InChI is InChI=1S/C33H38F3N5O5/c1-3-39-30-27(31(42)40(32(39)43)17-9-19-45-26-12-7-8-18-44-26)41(20-22-10-5-4-6-11-22)29(38-30)23-14-16-25(37-28(23)33(34,35)36)46-24-15-13-21(24)2/h4-6,10-11,14,16,21,24,26H,3,7-9,12-13,15,17-20H2,1-2H3. The molecule has 0 radical (unpaired) electrons. The van der Waals surface area contributed by atoms with Crippen LogP contribution in [-0.4, -0.2) is 49.3 Å². The molecule has 13 heteroatoms. The molecule has 3 atom stereocenters. The van der Waals surface area contributed by atoms with Crippen LogP contribution in [0.2, 0.25) is 0 Å². The average Bonchev–Trinajstić information content (AvgIpc) is 3.41. The van der Waals surface area contributed by atoms with E-state index in [1.807, 2.05) is 25.1 Å². The normalized spacial score (nSPS) is 20.2. The Labute approximate surface area is 263 Å². The fraction of sp³-hybridized carbons (Fsp3) is 0.515. The second-order valence-electron chi connectivity index (χ2n) is 11.9. The highest BCUT2D eigenvalue weighted by molar-refractivity contribution is 5.78. The number of halogens is 3. The van der Waals surface area contributed by atoms with E-state index >= 15 is 0 Å². The molecule has 10 nitrogen and oxygen atoms in total. The van der Waals surface area contributed by atoms with E-state index in [-0.39, 0.29) is 73.0 Å². The van der Waals surface area contributed by atoms with Gasteiger partial charge in [0.2, 0.25) is 5.88 Å². The molecule has 6 rings (SSSR count). The van der Waals surface area contributed by atoms with Crippen molar-refractivity contribution >= 4 is 11.2 Å². The molecule has 246 valence electrons. The minimum atomic E-state index is -4.84. The summed E-state index contributed by atoms with van der Waals surface area (Å²) in [5, 5.41) is 0. The number of nitrogens with zero attached hydrogens (tertiary/aromatic N) is 5. The third-order valence-electron chi connectivity index (χ3n) is 8.77. The lowest BCUT2D eigenvalue weighted by molar-refractivity contribution is -0.163. The van der Waals surface area contributed by atoms with Crippen molar-refractivity contribution in [1.82, 2.24) is 23.7 Å². The molecule has 4 heterocycles. The topological polar surface area (TPSA) is 102 Å². The van der Waals surface area contributed by atoms with Gasteiger partial charge < -0.3 is 18.8 Å². The zero-order chi connectivity index (χ0) is 32.4. The van der Waals surface area contributed by atoms with Crippen molar-refractivity contribution in [3.63, 3.8) is 0 Å². The second kappa shape index (κ2) is 13.4. The van der Waals surface area contributed by atoms with Crippen molar-refractivity contribution in [3.8, 4) is 17.3 Å². The smallest absolute Gasteiger partial charge is 0.434 e. The number of hydrogen-bond donors (Lipinski definition) is 0. The Balaban J connectivity index is 1.45. The number of pyridine rings is 1. The van der Waals surface area contributed by atoms with Crippen molar-refractivity contribution in [1.29, 1.82) is 0 Å². The summed E-state index contributed by atoms with van der Waals surface area (Å²) in [5.74, 6) is -0.00512. The van der Waals surface area contributed by atoms with Gasteiger partial charge >= 0.3 is 11.9 Å². The molecular formula is C33H38F3N5O5. The van der Waals surface area contributed by atoms with Crippen molar-refractivity contribution in [2.24, 2.45) is 5.92 Å². The lowest BCUT2D eigenvalue weighted by Gasteiger charge is -2.33. The second-order valence-corrected chi connectivity index (χ2v) is 11.9. The average molecular weight is 642 g/mol. The number of ether oxygens (including phenoxy) is 3. The maximum absolute atomic E-state index is 14.6. The van der Waals surface area contributed by atoms with E-state index in [2.05, 4.69) is 9.97 Å². The maximum atomic E-state index is 14.6. The summed E-state index contributed by atoms with van der Waals surface area (Å²) in [4.78, 5) is 36.1. The molecule has 0 N–H and O–H groups in total. The number of imidazole rings is 1. The van der Waals surface area contributed by atoms with Crippen molar-refractivity contribution < 1.29 is 27.4 Å². The Bertz CT molecular complexity index is 1790. The summed E-state index contributed by atoms with van der Waals surface area (Å²) in [6.45, 7) is 4.89. The molecule has 46 heavy (non-hydrogen) atoms. The van der Waals surface area contributed by atoms with Crippen molar-refractivity contribution in [2.45, 2.75) is 90.6 Å². The van der Waals surface area contributed by atoms with E-state index in [1.54, 1.807) is 19.1 Å². The molecule has 3 unspecified atom stereocenters. The van der Waals surface area contributed by atoms with Gasteiger partial charge in [-0.2, -0.15) is 13.2 Å². The Morgan fingerprint density at radius 3 is 2.43 bits per heavy atom. The predicted molar refractivity (Wildman–Crippen MR) is 165 cm³/mol. The molecule has 0 spiro atoms. The molecule has 1 aromatic carbocycles. The number of aryl methyl sites for hydroxylation is 1. The van der Waals surface area contributed by atoms with Crippen molar-refractivity contribution in [3.05, 3.63) is 74.6 Å². The van der Waals surface area contributed by atoms with E-state index in [4.69, 9.17) is 14.2 Å². The third-order valence-corrected chi connectivity index (χ3v) is 8.77. The lowest BCUT2D eigenvalue weighted by atomic mass is 9.84. The van der Waals surface area contributed by atoms with Gasteiger partial charge in [0.15, 0.2) is 23.1 Å². The number of aromatic nitrogens is 5. The zero-order valence-corrected chi connectivity index (χ0v) is 26.0. The summed E-state index contributed by atoms with van der Waals surface area (Å²) >= 11 is 0. The summed E-state index contributed by atoms with van der Waals surface area (Å²) in [6, 6.07) is 11.8. The maximum Gasteiger partial charge on any atom is 0.434 e. The number of benzene rings is 1. The highest BCUT2D eigenvalue weighted by Gasteiger charge is 2.39. The number of rotatable bonds is 11. The van der Waals surface area contributed by atoms with Gasteiger partial charge in [0.25, 0.3) is 5.56 Å². The monoisotopic (exact) mass is 641 g/mol. The van der Waals surface area contributed by atoms with Gasteiger partial charge in [-0.1, -0.05) is 37.3 Å². The number of hydrogen-bond acceptors (Lipinski definition) is 7. The lowest BCUT2D eigenvalue weighted by Crippen LogP contribution is -2.40. The molecule has 2 aliphatic rings. The Kier molecular flexibility index (Phi) is 9.32. The van der Waals surface area contributed by atoms with Gasteiger partial charge in [-0.3, -0.25) is 13.9 Å². The molecule has 3 aromatic heterocycles. The first-order valence-corrected chi connectivity index (χ1v) is 15.9. The molecule has 1 saturated heterocycles. The van der Waals surface area contributed by atoms with Crippen LogP contribution in [0.3, 0.4) is 0 Å². The summed E-state index contributed by atoms with van der Waals surface area (Å²) in [6.07, 6.45) is -0.496. The van der Waals surface area contributed by atoms with Crippen LogP contribution in [0.4, 0.5) is 13.2 Å². The van der Waals surface area contributed by atoms with Crippen LogP contribution in [0, 0.1) is 5.92 Å². The molecule has 2 fully saturated rings. The first-order chi connectivity index (χ1) is 22.2. The molecule has 1 aliphatic heterocycles. The Morgan fingerprint density at radius 1 is 0.978 bits per heavy atom. The Morgan fingerprint density at radius 2 is 1.78 bits per heavy atom. The van der Waals surface area contributed by atoms with Gasteiger partial charge in [-0.15, -0.1) is 0 Å². The predicted octanol–water partition coefficient (Wildman–Crippen LogP) is 5.62. The third kappa shape index (κ3) is 6.48. The molecule has 1 aliphatic carbocycles. The van der Waals surface area contributed by atoms with E-state index < -0.39 is 23.1 Å². The highest BCUT2D eigenvalue weighted by atomic mass is 19.4. The van der Waals surface area contributed by atoms with Crippen LogP contribution in [0.15, 0.2) is 52.1 Å². The molecule has 0 bridgehead atoms. The van der Waals surface area contributed by atoms with E-state index in [0.29, 0.717) is 13.0 Å². The quantitative estimate of drug-likeness (QED) is 0.196. The zero-order valence-electron chi connectivity index (χ0n) is 26.0. The number of alkyl halides is 3. The molecule has 4 aromatic rings. The van der Waals surface area contributed by atoms with Crippen LogP contribution < -0.4 is 16.0 Å². The van der Waals surface area contributed by atoms with E-state index in [1.165, 1.54) is 21.3 Å². The number of fused-ring (bicyclic) bond motifs is 1. The first kappa shape index (κ1) is 32.0. The van der Waals surface area contributed by atoms with Crippen LogP contribution in [-0.2, 0) is 35.3 Å². The van der Waals surface area contributed by atoms with E-state index in [0.717, 1.165) is 42.2 Å². The minimum absolute atomic E-state index is 0.0169. The summed E-state index contributed by atoms with van der Waals surface area (Å²) < 4.78 is 64.9. The van der Waals surface area contributed by atoms with E-state index in [9.17, 15) is 22.8 Å². The first-order valence-electron chi connectivity index (χ1n) is 15.9. The van der Waals surface area contributed by atoms with Crippen molar-refractivity contribution in [2.75, 3.05) is 13.2 Å². The van der Waals surface area contributed by atoms with Crippen LogP contribution in [0.1, 0.15) is 63.6 Å². The summed E-state index contributed by atoms with van der Waals surface area (Å²) in [5.41, 5.74) is -1.91. The Hall–Kier alpha value is -3.97. The van der Waals surface area contributed by atoms with Gasteiger partial charge in [-0.25, -0.2) is 14.8 Å². The fourth-order valence-corrected chi connectivity index (χ4v) is 6.05. The minimum Gasteiger partial charge on any atom is -0.474 e. The SMILES string of the molecule is CCn1c(=O)n(CCCOC2CCCCO2)c(=O)c2c1nc(-c1ccc(OC3CCC3C)nc1C(F)(F)F)n2Cc1ccccc1. The fourth-order valence-electron chi connectivity index (χ4n) is 6.05.